The molecule has 1 aromatic carbocycles. The average molecular weight is 423 g/mol. The number of benzene rings is 1. The van der Waals surface area contributed by atoms with Crippen LogP contribution in [0.5, 0.6) is 5.75 Å². The summed E-state index contributed by atoms with van der Waals surface area (Å²) in [5.74, 6) is 0.121. The van der Waals surface area contributed by atoms with E-state index in [9.17, 15) is 24.8 Å². The molecule has 3 heterocycles. The van der Waals surface area contributed by atoms with Crippen molar-refractivity contribution >= 4 is 24.7 Å². The van der Waals surface area contributed by atoms with E-state index in [4.69, 9.17) is 9.26 Å². The van der Waals surface area contributed by atoms with Gasteiger partial charge in [0.15, 0.2) is 23.2 Å². The van der Waals surface area contributed by atoms with Gasteiger partial charge in [0.2, 0.25) is 0 Å². The van der Waals surface area contributed by atoms with E-state index in [1.165, 1.54) is 23.0 Å². The maximum absolute atomic E-state index is 12.4. The fraction of sp³-hybridized carbons (Fsp3) is 0.312. The van der Waals surface area contributed by atoms with Crippen molar-refractivity contribution in [3.8, 4) is 5.75 Å². The van der Waals surface area contributed by atoms with Gasteiger partial charge < -0.3 is 24.6 Å². The van der Waals surface area contributed by atoms with Crippen LogP contribution in [0.4, 0.5) is 5.82 Å². The number of anilines is 1. The number of hydrogen-bond acceptors (Lipinski definition) is 9. The molecule has 13 heteroatoms. The van der Waals surface area contributed by atoms with Crippen LogP contribution in [0.2, 0.25) is 0 Å². The lowest BCUT2D eigenvalue weighted by Crippen LogP contribution is -2.33. The van der Waals surface area contributed by atoms with Crippen molar-refractivity contribution in [3.63, 3.8) is 0 Å². The van der Waals surface area contributed by atoms with Crippen LogP contribution in [-0.4, -0.2) is 64.7 Å². The maximum atomic E-state index is 12.4. The molecule has 3 aromatic rings. The van der Waals surface area contributed by atoms with Crippen LogP contribution >= 0.6 is 7.75 Å². The number of nitrogens with zero attached hydrogens (tertiary/aromatic N) is 4. The van der Waals surface area contributed by atoms with Crippen molar-refractivity contribution in [2.24, 2.45) is 0 Å². The highest BCUT2D eigenvalue weighted by Gasteiger charge is 2.44. The summed E-state index contributed by atoms with van der Waals surface area (Å²) in [4.78, 5) is 22.3. The Morgan fingerprint density at radius 1 is 1.17 bits per heavy atom. The first-order valence-corrected chi connectivity index (χ1v) is 10.1. The van der Waals surface area contributed by atoms with Gasteiger partial charge in [-0.1, -0.05) is 18.2 Å². The fourth-order valence-electron chi connectivity index (χ4n) is 3.01. The van der Waals surface area contributed by atoms with Gasteiger partial charge in [0.1, 0.15) is 30.4 Å². The Labute approximate surface area is 164 Å². The molecule has 5 N–H and O–H groups in total. The summed E-state index contributed by atoms with van der Waals surface area (Å²) >= 11 is 0. The second-order valence-electron chi connectivity index (χ2n) is 6.31. The minimum atomic E-state index is -4.34. The van der Waals surface area contributed by atoms with Crippen molar-refractivity contribution in [1.29, 1.82) is 0 Å². The Kier molecular flexibility index (Phi) is 5.21. The van der Waals surface area contributed by atoms with Crippen LogP contribution in [0.15, 0.2) is 43.0 Å². The molecule has 0 bridgehead atoms. The van der Waals surface area contributed by atoms with Gasteiger partial charge in [0.05, 0.1) is 12.9 Å². The quantitative estimate of drug-likeness (QED) is 0.339. The monoisotopic (exact) mass is 423 g/mol. The van der Waals surface area contributed by atoms with Crippen molar-refractivity contribution in [2.45, 2.75) is 24.5 Å². The van der Waals surface area contributed by atoms with Crippen molar-refractivity contribution < 1.29 is 34.0 Å². The highest BCUT2D eigenvalue weighted by atomic mass is 31.2. The molecule has 0 spiro atoms. The van der Waals surface area contributed by atoms with Crippen LogP contribution < -0.4 is 9.61 Å². The average Bonchev–Trinajstić information content (AvgIpc) is 3.24. The van der Waals surface area contributed by atoms with E-state index in [1.54, 1.807) is 18.2 Å². The number of ether oxygens (including phenoxy) is 1. The summed E-state index contributed by atoms with van der Waals surface area (Å²) in [6, 6.07) is 8.09. The zero-order chi connectivity index (χ0) is 20.6. The molecule has 1 aliphatic heterocycles. The van der Waals surface area contributed by atoms with E-state index < -0.39 is 38.9 Å². The zero-order valence-electron chi connectivity index (χ0n) is 14.8. The molecular formula is C16H18N5O7P. The third-order valence-electron chi connectivity index (χ3n) is 4.37. The summed E-state index contributed by atoms with van der Waals surface area (Å²) in [6.45, 7) is -0.479. The van der Waals surface area contributed by atoms with Gasteiger partial charge >= 0.3 is 7.75 Å². The highest BCUT2D eigenvalue weighted by Crippen LogP contribution is 2.43. The van der Waals surface area contributed by atoms with Gasteiger partial charge in [-0.25, -0.2) is 19.5 Å². The van der Waals surface area contributed by atoms with Gasteiger partial charge in [-0.2, -0.15) is 0 Å². The Bertz CT molecular complexity index is 1050. The van der Waals surface area contributed by atoms with Gasteiger partial charge in [-0.05, 0) is 12.1 Å². The molecule has 1 saturated heterocycles. The minimum Gasteiger partial charge on any atom is -0.409 e. The standard InChI is InChI=1S/C16H18N5O7P/c22-6-10-12(23)13(24)16(27-10)21-8-19-11-14(17-7-18-15(11)21)20-29(25,26)28-9-4-2-1-3-5-9/h1-5,7-8,10,12-13,16,22-24H,6H2,(H2,17,18,20,25,26)/t10-,12-,13-,16-/m1/s1. The van der Waals surface area contributed by atoms with Gasteiger partial charge in [0, 0.05) is 0 Å². The fourth-order valence-corrected chi connectivity index (χ4v) is 3.90. The summed E-state index contributed by atoms with van der Waals surface area (Å²) in [5.41, 5.74) is 0.299. The normalized spacial score (nSPS) is 26.3. The zero-order valence-corrected chi connectivity index (χ0v) is 15.7. The Morgan fingerprint density at radius 2 is 1.93 bits per heavy atom. The highest BCUT2D eigenvalue weighted by molar-refractivity contribution is 7.54. The second-order valence-corrected chi connectivity index (χ2v) is 7.76. The largest absolute Gasteiger partial charge is 0.485 e. The lowest BCUT2D eigenvalue weighted by atomic mass is 10.1. The molecule has 1 fully saturated rings. The lowest BCUT2D eigenvalue weighted by molar-refractivity contribution is -0.0511. The van der Waals surface area contributed by atoms with E-state index in [2.05, 4.69) is 20.0 Å². The molecule has 154 valence electrons. The van der Waals surface area contributed by atoms with E-state index in [-0.39, 0.29) is 22.7 Å². The van der Waals surface area contributed by atoms with Gasteiger partial charge in [-0.3, -0.25) is 14.5 Å². The predicted octanol–water partition coefficient (Wildman–Crippen LogP) is 0.0291. The van der Waals surface area contributed by atoms with Crippen LogP contribution in [0.3, 0.4) is 0 Å². The lowest BCUT2D eigenvalue weighted by Gasteiger charge is -2.17. The first-order valence-electron chi connectivity index (χ1n) is 8.55. The van der Waals surface area contributed by atoms with E-state index >= 15 is 0 Å². The molecule has 0 radical (unpaired) electrons. The Morgan fingerprint density at radius 3 is 2.62 bits per heavy atom. The number of rotatable bonds is 6. The topological polar surface area (TPSA) is 172 Å². The first-order chi connectivity index (χ1) is 13.9. The summed E-state index contributed by atoms with van der Waals surface area (Å²) in [5, 5.41) is 31.7. The number of nitrogens with one attached hydrogen (secondary N) is 1. The summed E-state index contributed by atoms with van der Waals surface area (Å²) in [7, 11) is -4.34. The number of fused-ring (bicyclic) bond motifs is 1. The molecule has 0 amide bonds. The number of aliphatic hydroxyl groups is 3. The smallest absolute Gasteiger partial charge is 0.409 e. The van der Waals surface area contributed by atoms with E-state index in [0.29, 0.717) is 0 Å². The molecule has 1 unspecified atom stereocenters. The maximum Gasteiger partial charge on any atom is 0.485 e. The molecule has 4 rings (SSSR count). The number of hydrogen-bond donors (Lipinski definition) is 5. The predicted molar refractivity (Wildman–Crippen MR) is 98.9 cm³/mol. The number of para-hydroxylation sites is 1. The molecule has 0 aliphatic carbocycles. The second kappa shape index (κ2) is 7.67. The van der Waals surface area contributed by atoms with Crippen LogP contribution in [-0.2, 0) is 9.30 Å². The number of aliphatic hydroxyl groups excluding tert-OH is 3. The molecular weight excluding hydrogens is 405 g/mol. The summed E-state index contributed by atoms with van der Waals surface area (Å²) < 4.78 is 24.3. The van der Waals surface area contributed by atoms with E-state index in [0.717, 1.165) is 6.33 Å². The molecule has 29 heavy (non-hydrogen) atoms. The molecule has 12 nitrogen and oxygen atoms in total. The molecule has 1 aliphatic rings. The third kappa shape index (κ3) is 3.81. The SMILES string of the molecule is O=P(O)(Nc1ncnc2c1ncn2[C@@H]1O[C@H](CO)[C@@H](O)[C@H]1O)Oc1ccccc1. The first kappa shape index (κ1) is 19.7. The van der Waals surface area contributed by atoms with Gasteiger partial charge in [0.25, 0.3) is 0 Å². The Hall–Kier alpha value is -2.60. The van der Waals surface area contributed by atoms with Crippen molar-refractivity contribution in [2.75, 3.05) is 11.7 Å². The molecule has 0 saturated carbocycles. The molecule has 5 atom stereocenters. The van der Waals surface area contributed by atoms with Crippen LogP contribution in [0.25, 0.3) is 11.2 Å². The van der Waals surface area contributed by atoms with Crippen LogP contribution in [0, 0.1) is 0 Å². The van der Waals surface area contributed by atoms with Crippen molar-refractivity contribution in [1.82, 2.24) is 19.5 Å². The van der Waals surface area contributed by atoms with Gasteiger partial charge in [-0.15, -0.1) is 0 Å². The minimum absolute atomic E-state index is 0.0674. The number of imidazole rings is 1. The summed E-state index contributed by atoms with van der Waals surface area (Å²) in [6.07, 6.45) is -2.24. The third-order valence-corrected chi connectivity index (χ3v) is 5.32. The van der Waals surface area contributed by atoms with E-state index in [1.807, 2.05) is 0 Å². The number of aromatic nitrogens is 4. The van der Waals surface area contributed by atoms with Crippen LogP contribution in [0.1, 0.15) is 6.23 Å². The van der Waals surface area contributed by atoms with Crippen molar-refractivity contribution in [3.05, 3.63) is 43.0 Å². The Balaban J connectivity index is 1.62. The molecule has 2 aromatic heterocycles.